The molecule has 1 fully saturated rings. The summed E-state index contributed by atoms with van der Waals surface area (Å²) < 4.78 is 11.2. The van der Waals surface area contributed by atoms with Crippen LogP contribution in [-0.4, -0.2) is 87.5 Å². The van der Waals surface area contributed by atoms with E-state index >= 15 is 0 Å². The molecule has 0 aromatic heterocycles. The minimum Gasteiger partial charge on any atom is -0.394 e. The highest BCUT2D eigenvalue weighted by atomic mass is 16.7. The number of ether oxygens (including phenoxy) is 2. The minimum atomic E-state index is -1.55. The predicted molar refractivity (Wildman–Crippen MR) is 271 cm³/mol. The molecule has 6 N–H and O–H groups in total. The van der Waals surface area contributed by atoms with Gasteiger partial charge < -0.3 is 40.3 Å². The maximum Gasteiger partial charge on any atom is 0.220 e. The highest BCUT2D eigenvalue weighted by molar-refractivity contribution is 5.76. The van der Waals surface area contributed by atoms with Gasteiger partial charge in [0.25, 0.3) is 0 Å². The Kier molecular flexibility index (Phi) is 42.0. The van der Waals surface area contributed by atoms with Gasteiger partial charge >= 0.3 is 0 Å². The average molecular weight is 912 g/mol. The summed E-state index contributed by atoms with van der Waals surface area (Å²) in [4.78, 5) is 12.9. The van der Waals surface area contributed by atoms with E-state index in [4.69, 9.17) is 9.47 Å². The molecule has 0 aromatic rings. The Morgan fingerprint density at radius 3 is 1.42 bits per heavy atom. The highest BCUT2D eigenvalue weighted by Gasteiger charge is 2.44. The first-order valence-corrected chi connectivity index (χ1v) is 26.3. The molecule has 0 spiro atoms. The van der Waals surface area contributed by atoms with E-state index in [2.05, 4.69) is 104 Å². The summed E-state index contributed by atoms with van der Waals surface area (Å²) in [5.41, 5.74) is 0. The van der Waals surface area contributed by atoms with Crippen molar-refractivity contribution in [2.24, 2.45) is 0 Å². The van der Waals surface area contributed by atoms with Crippen molar-refractivity contribution in [2.45, 2.75) is 249 Å². The number of amides is 1. The molecular formula is C56H97NO8. The predicted octanol–water partition coefficient (Wildman–Crippen LogP) is 12.3. The molecule has 0 aliphatic carbocycles. The molecule has 1 aliphatic heterocycles. The molecule has 65 heavy (non-hydrogen) atoms. The van der Waals surface area contributed by atoms with E-state index in [9.17, 15) is 30.3 Å². The fourth-order valence-electron chi connectivity index (χ4n) is 7.85. The number of carbonyl (C=O) groups excluding carboxylic acids is 1. The van der Waals surface area contributed by atoms with E-state index in [1.807, 2.05) is 0 Å². The number of allylic oxidation sites excluding steroid dienone is 14. The second-order valence-electron chi connectivity index (χ2n) is 17.9. The lowest BCUT2D eigenvalue weighted by molar-refractivity contribution is -0.302. The molecule has 1 amide bonds. The quantitative estimate of drug-likeness (QED) is 0.0262. The summed E-state index contributed by atoms with van der Waals surface area (Å²) in [6, 6.07) is -0.718. The van der Waals surface area contributed by atoms with E-state index < -0.39 is 49.5 Å². The zero-order valence-electron chi connectivity index (χ0n) is 41.2. The van der Waals surface area contributed by atoms with Crippen molar-refractivity contribution >= 4 is 5.91 Å². The second-order valence-corrected chi connectivity index (χ2v) is 17.9. The zero-order valence-corrected chi connectivity index (χ0v) is 41.2. The summed E-state index contributed by atoms with van der Waals surface area (Å²) in [6.45, 7) is 3.62. The van der Waals surface area contributed by atoms with Crippen molar-refractivity contribution in [3.8, 4) is 0 Å². The molecular weight excluding hydrogens is 815 g/mol. The van der Waals surface area contributed by atoms with Crippen LogP contribution in [0.2, 0.25) is 0 Å². The minimum absolute atomic E-state index is 0.143. The van der Waals surface area contributed by atoms with Gasteiger partial charge in [-0.25, -0.2) is 0 Å². The first-order chi connectivity index (χ1) is 31.8. The molecule has 1 aliphatic rings. The molecule has 0 radical (unpaired) electrons. The van der Waals surface area contributed by atoms with Crippen molar-refractivity contribution in [1.82, 2.24) is 5.32 Å². The van der Waals surface area contributed by atoms with E-state index in [0.29, 0.717) is 12.8 Å². The van der Waals surface area contributed by atoms with E-state index in [-0.39, 0.29) is 12.5 Å². The molecule has 9 heteroatoms. The van der Waals surface area contributed by atoms with Crippen LogP contribution in [0.15, 0.2) is 85.1 Å². The Morgan fingerprint density at radius 2 is 0.954 bits per heavy atom. The Balaban J connectivity index is 2.01. The van der Waals surface area contributed by atoms with Crippen molar-refractivity contribution in [1.29, 1.82) is 0 Å². The van der Waals surface area contributed by atoms with E-state index in [0.717, 1.165) is 96.3 Å². The summed E-state index contributed by atoms with van der Waals surface area (Å²) in [5, 5.41) is 53.9. The molecule has 0 aromatic carbocycles. The lowest BCUT2D eigenvalue weighted by atomic mass is 9.99. The van der Waals surface area contributed by atoms with Gasteiger partial charge in [-0.15, -0.1) is 0 Å². The summed E-state index contributed by atoms with van der Waals surface area (Å²) >= 11 is 0. The normalized spacial score (nSPS) is 20.6. The second kappa shape index (κ2) is 45.2. The van der Waals surface area contributed by atoms with Crippen LogP contribution in [0.1, 0.15) is 206 Å². The molecule has 1 saturated heterocycles. The number of unbranched alkanes of at least 4 members (excludes halogenated alkanes) is 19. The maximum absolute atomic E-state index is 12.9. The van der Waals surface area contributed by atoms with Crippen LogP contribution < -0.4 is 5.32 Å². The van der Waals surface area contributed by atoms with E-state index in [1.165, 1.54) is 83.5 Å². The summed E-state index contributed by atoms with van der Waals surface area (Å²) in [5.74, 6) is -0.155. The fraction of sp³-hybridized carbons (Fsp3) is 0.732. The Morgan fingerprint density at radius 1 is 0.538 bits per heavy atom. The summed E-state index contributed by atoms with van der Waals surface area (Å²) in [7, 11) is 0. The summed E-state index contributed by atoms with van der Waals surface area (Å²) in [6.07, 6.45) is 56.7. The topological polar surface area (TPSA) is 149 Å². The average Bonchev–Trinajstić information content (AvgIpc) is 3.31. The molecule has 1 rings (SSSR count). The number of hydrogen-bond acceptors (Lipinski definition) is 8. The van der Waals surface area contributed by atoms with E-state index in [1.54, 1.807) is 0 Å². The van der Waals surface area contributed by atoms with Crippen LogP contribution in [-0.2, 0) is 14.3 Å². The molecule has 0 saturated carbocycles. The Hall–Kier alpha value is -2.63. The fourth-order valence-corrected chi connectivity index (χ4v) is 7.85. The van der Waals surface area contributed by atoms with Crippen molar-refractivity contribution in [3.63, 3.8) is 0 Å². The van der Waals surface area contributed by atoms with Gasteiger partial charge in [0.1, 0.15) is 24.4 Å². The van der Waals surface area contributed by atoms with Crippen molar-refractivity contribution in [3.05, 3.63) is 85.1 Å². The first-order valence-electron chi connectivity index (χ1n) is 26.3. The first kappa shape index (κ1) is 60.4. The molecule has 0 bridgehead atoms. The maximum atomic E-state index is 12.9. The molecule has 374 valence electrons. The smallest absolute Gasteiger partial charge is 0.220 e. The van der Waals surface area contributed by atoms with Crippen LogP contribution in [0.3, 0.4) is 0 Å². The number of aliphatic hydroxyl groups is 5. The molecule has 1 heterocycles. The van der Waals surface area contributed by atoms with Crippen molar-refractivity contribution < 1.29 is 39.8 Å². The standard InChI is InChI=1S/C56H97NO8/c1-3-5-7-9-10-11-12-13-14-15-16-17-18-19-20-21-22-23-24-25-26-27-28-29-30-31-32-33-34-35-36-37-38-39-40-42-44-46-52(60)57-49(50(59)45-43-41-8-6-4-2)48-64-56-55(63)54(62)53(61)51(47-58)65-56/h5,7,10-11,13-14,16-17,19-20,22-23,25-26,49-51,53-56,58-59,61-63H,3-4,6,8-9,12,15,18,21,24,27-48H2,1-2H3,(H,57,60)/b7-5-,11-10-,14-13-,17-16-,20-19-,23-22-,26-25-. The van der Waals surface area contributed by atoms with Crippen LogP contribution in [0.4, 0.5) is 0 Å². The van der Waals surface area contributed by atoms with Gasteiger partial charge in [0.15, 0.2) is 6.29 Å². The van der Waals surface area contributed by atoms with Crippen molar-refractivity contribution in [2.75, 3.05) is 13.2 Å². The van der Waals surface area contributed by atoms with Gasteiger partial charge in [0.05, 0.1) is 25.4 Å². The number of aliphatic hydroxyl groups excluding tert-OH is 5. The Bertz CT molecular complexity index is 1290. The third kappa shape index (κ3) is 35.2. The highest BCUT2D eigenvalue weighted by Crippen LogP contribution is 2.23. The SMILES string of the molecule is CC/C=C\C/C=C\C/C=C\C/C=C\C/C=C\C/C=C\C/C=C\CCCCCCCCCCCCCCCCCC(=O)NC(COC1OC(CO)C(O)C(O)C1O)C(O)CCCCCCC. The largest absolute Gasteiger partial charge is 0.394 e. The van der Waals surface area contributed by atoms with Crippen LogP contribution in [0, 0.1) is 0 Å². The van der Waals surface area contributed by atoms with Crippen LogP contribution in [0.25, 0.3) is 0 Å². The number of hydrogen-bond donors (Lipinski definition) is 6. The molecule has 7 atom stereocenters. The van der Waals surface area contributed by atoms with Crippen LogP contribution in [0.5, 0.6) is 0 Å². The lowest BCUT2D eigenvalue weighted by Crippen LogP contribution is -2.60. The molecule has 9 nitrogen and oxygen atoms in total. The zero-order chi connectivity index (χ0) is 47.3. The van der Waals surface area contributed by atoms with Gasteiger partial charge in [-0.2, -0.15) is 0 Å². The number of carbonyl (C=O) groups is 1. The van der Waals surface area contributed by atoms with Gasteiger partial charge in [-0.05, 0) is 70.6 Å². The molecule has 7 unspecified atom stereocenters. The Labute approximate surface area is 397 Å². The lowest BCUT2D eigenvalue weighted by Gasteiger charge is -2.40. The van der Waals surface area contributed by atoms with Gasteiger partial charge in [-0.3, -0.25) is 4.79 Å². The monoisotopic (exact) mass is 912 g/mol. The number of nitrogens with one attached hydrogen (secondary N) is 1. The third-order valence-corrected chi connectivity index (χ3v) is 12.0. The van der Waals surface area contributed by atoms with Gasteiger partial charge in [-0.1, -0.05) is 214 Å². The van der Waals surface area contributed by atoms with Gasteiger partial charge in [0, 0.05) is 6.42 Å². The van der Waals surface area contributed by atoms with Crippen LogP contribution >= 0.6 is 0 Å². The third-order valence-electron chi connectivity index (χ3n) is 12.0. The number of rotatable bonds is 43. The van der Waals surface area contributed by atoms with Gasteiger partial charge in [0.2, 0.25) is 5.91 Å².